The van der Waals surface area contributed by atoms with Gasteiger partial charge in [-0.2, -0.15) is 0 Å². The average molecular weight is 570 g/mol. The number of anilines is 3. The second-order valence-corrected chi connectivity index (χ2v) is 13.8. The third-order valence-electron chi connectivity index (χ3n) is 7.88. The van der Waals surface area contributed by atoms with Crippen molar-refractivity contribution in [2.75, 3.05) is 48.7 Å². The molecular weight excluding hydrogens is 537 g/mol. The Morgan fingerprint density at radius 1 is 1.18 bits per heavy atom. The summed E-state index contributed by atoms with van der Waals surface area (Å²) in [6, 6.07) is 13.5. The molecular formula is C27H32N5O5PS. The first-order valence-corrected chi connectivity index (χ1v) is 15.3. The van der Waals surface area contributed by atoms with Gasteiger partial charge in [-0.15, -0.1) is 11.3 Å². The first kappa shape index (κ1) is 27.3. The van der Waals surface area contributed by atoms with Crippen molar-refractivity contribution >= 4 is 52.7 Å². The van der Waals surface area contributed by atoms with Crippen LogP contribution in [0.2, 0.25) is 0 Å². The van der Waals surface area contributed by atoms with Crippen LogP contribution in [0.1, 0.15) is 36.0 Å². The molecule has 0 aliphatic carbocycles. The summed E-state index contributed by atoms with van der Waals surface area (Å²) in [4.78, 5) is 26.7. The molecule has 2 aliphatic rings. The molecule has 206 valence electrons. The Labute approximate surface area is 231 Å². The smallest absolute Gasteiger partial charge is 0.269 e. The number of ether oxygens (including phenoxy) is 1. The van der Waals surface area contributed by atoms with Crippen LogP contribution in [-0.2, 0) is 14.7 Å². The monoisotopic (exact) mass is 569 g/mol. The number of non-ortho nitro benzene ring substituents is 1. The van der Waals surface area contributed by atoms with Crippen molar-refractivity contribution in [3.63, 3.8) is 0 Å². The molecule has 3 aromatic rings. The Bertz CT molecular complexity index is 1440. The standard InChI is InChI=1S/C27H32N5O5PS/c1-18-27(2,3)21-16-24(22(17-23(21)30(18)4)28-26(33)25-6-5-15-39-25)38(36,31-11-13-37-14-12-31)29-19-7-9-20(10-8-19)32(34)35/h5-10,15-18H,11-14H2,1-4H3,(H,28,33)(H,29,36)/t18-,38+/m0/s1. The highest BCUT2D eigenvalue weighted by atomic mass is 32.1. The van der Waals surface area contributed by atoms with Gasteiger partial charge in [-0.3, -0.25) is 19.5 Å². The van der Waals surface area contributed by atoms with Crippen molar-refractivity contribution < 1.29 is 19.0 Å². The van der Waals surface area contributed by atoms with Crippen molar-refractivity contribution in [2.24, 2.45) is 0 Å². The van der Waals surface area contributed by atoms with Crippen molar-refractivity contribution in [1.82, 2.24) is 4.67 Å². The molecule has 2 atom stereocenters. The molecule has 0 spiro atoms. The maximum atomic E-state index is 15.3. The number of rotatable bonds is 7. The van der Waals surface area contributed by atoms with Crippen LogP contribution in [0.3, 0.4) is 0 Å². The fourth-order valence-electron chi connectivity index (χ4n) is 5.20. The third-order valence-corrected chi connectivity index (χ3v) is 11.5. The first-order chi connectivity index (χ1) is 18.5. The molecule has 0 unspecified atom stereocenters. The van der Waals surface area contributed by atoms with Gasteiger partial charge in [0.25, 0.3) is 19.0 Å². The zero-order chi connectivity index (χ0) is 27.9. The van der Waals surface area contributed by atoms with Crippen LogP contribution in [0.4, 0.5) is 22.7 Å². The lowest BCUT2D eigenvalue weighted by Crippen LogP contribution is -2.40. The summed E-state index contributed by atoms with van der Waals surface area (Å²) in [5.41, 5.74) is 2.67. The summed E-state index contributed by atoms with van der Waals surface area (Å²) in [5.74, 6) is -0.275. The molecule has 0 saturated carbocycles. The summed E-state index contributed by atoms with van der Waals surface area (Å²) in [5, 5.41) is 19.8. The number of morpholine rings is 1. The van der Waals surface area contributed by atoms with E-state index < -0.39 is 12.4 Å². The van der Waals surface area contributed by atoms with Crippen LogP contribution in [0, 0.1) is 10.1 Å². The van der Waals surface area contributed by atoms with Crippen LogP contribution < -0.4 is 20.6 Å². The van der Waals surface area contributed by atoms with Gasteiger partial charge in [0.05, 0.1) is 34.0 Å². The second-order valence-electron chi connectivity index (χ2n) is 10.4. The fourth-order valence-corrected chi connectivity index (χ4v) is 8.36. The van der Waals surface area contributed by atoms with E-state index in [0.29, 0.717) is 47.9 Å². The molecule has 39 heavy (non-hydrogen) atoms. The van der Waals surface area contributed by atoms with E-state index in [-0.39, 0.29) is 23.1 Å². The number of nitro groups is 1. The van der Waals surface area contributed by atoms with Gasteiger partial charge in [0, 0.05) is 55.1 Å². The maximum absolute atomic E-state index is 15.3. The number of amides is 1. The predicted octanol–water partition coefficient (Wildman–Crippen LogP) is 5.29. The highest BCUT2D eigenvalue weighted by Gasteiger charge is 2.44. The number of nitrogens with zero attached hydrogens (tertiary/aromatic N) is 3. The highest BCUT2D eigenvalue weighted by molar-refractivity contribution is 7.71. The van der Waals surface area contributed by atoms with Crippen molar-refractivity contribution in [2.45, 2.75) is 32.2 Å². The van der Waals surface area contributed by atoms with Gasteiger partial charge >= 0.3 is 0 Å². The van der Waals surface area contributed by atoms with Crippen LogP contribution in [0.15, 0.2) is 53.9 Å². The third kappa shape index (κ3) is 4.96. The lowest BCUT2D eigenvalue weighted by Gasteiger charge is -2.36. The fraction of sp³-hybridized carbons (Fsp3) is 0.370. The average Bonchev–Trinajstić information content (AvgIpc) is 3.52. The van der Waals surface area contributed by atoms with E-state index in [2.05, 4.69) is 36.1 Å². The molecule has 3 heterocycles. The molecule has 0 bridgehead atoms. The number of nitro benzene ring substituents is 1. The van der Waals surface area contributed by atoms with Crippen molar-refractivity contribution in [3.8, 4) is 0 Å². The Morgan fingerprint density at radius 2 is 1.87 bits per heavy atom. The lowest BCUT2D eigenvalue weighted by molar-refractivity contribution is -0.384. The van der Waals surface area contributed by atoms with Gasteiger partial charge in [-0.05, 0) is 48.2 Å². The second kappa shape index (κ2) is 10.4. The largest absolute Gasteiger partial charge is 0.379 e. The number of nitrogens with one attached hydrogen (secondary N) is 2. The van der Waals surface area contributed by atoms with Gasteiger partial charge < -0.3 is 20.0 Å². The summed E-state index contributed by atoms with van der Waals surface area (Å²) < 4.78 is 22.7. The van der Waals surface area contributed by atoms with Gasteiger partial charge in [-0.1, -0.05) is 19.9 Å². The van der Waals surface area contributed by atoms with Crippen LogP contribution in [0.5, 0.6) is 0 Å². The molecule has 1 fully saturated rings. The summed E-state index contributed by atoms with van der Waals surface area (Å²) in [6.45, 7) is 8.16. The minimum Gasteiger partial charge on any atom is -0.379 e. The van der Waals surface area contributed by atoms with E-state index in [4.69, 9.17) is 4.74 Å². The molecule has 2 aliphatic heterocycles. The highest BCUT2D eigenvalue weighted by Crippen LogP contribution is 2.54. The summed E-state index contributed by atoms with van der Waals surface area (Å²) in [7, 11) is -1.58. The first-order valence-electron chi connectivity index (χ1n) is 12.7. The van der Waals surface area contributed by atoms with E-state index in [9.17, 15) is 14.9 Å². The molecule has 5 rings (SSSR count). The maximum Gasteiger partial charge on any atom is 0.269 e. The van der Waals surface area contributed by atoms with E-state index in [0.717, 1.165) is 11.3 Å². The van der Waals surface area contributed by atoms with Gasteiger partial charge in [0.2, 0.25) is 0 Å². The molecule has 1 saturated heterocycles. The van der Waals surface area contributed by atoms with E-state index in [1.54, 1.807) is 18.2 Å². The van der Waals surface area contributed by atoms with Gasteiger partial charge in [0.15, 0.2) is 0 Å². The number of likely N-dealkylation sites (N-methyl/N-ethyl adjacent to an activating group) is 1. The van der Waals surface area contributed by atoms with E-state index in [1.807, 2.05) is 35.3 Å². The molecule has 0 radical (unpaired) electrons. The number of hydrogen-bond donors (Lipinski definition) is 2. The Hall–Kier alpha value is -3.24. The predicted molar refractivity (Wildman–Crippen MR) is 156 cm³/mol. The molecule has 2 N–H and O–H groups in total. The number of benzene rings is 2. The van der Waals surface area contributed by atoms with E-state index >= 15 is 4.57 Å². The minimum absolute atomic E-state index is 0.0537. The minimum atomic E-state index is -3.60. The van der Waals surface area contributed by atoms with Crippen molar-refractivity contribution in [1.29, 1.82) is 0 Å². The Morgan fingerprint density at radius 3 is 2.49 bits per heavy atom. The van der Waals surface area contributed by atoms with Crippen LogP contribution >= 0.6 is 18.8 Å². The van der Waals surface area contributed by atoms with Gasteiger partial charge in [0.1, 0.15) is 0 Å². The topological polar surface area (TPSA) is 117 Å². The molecule has 10 nitrogen and oxygen atoms in total. The quantitative estimate of drug-likeness (QED) is 0.224. The number of hydrogen-bond acceptors (Lipinski definition) is 7. The van der Waals surface area contributed by atoms with Crippen LogP contribution in [0.25, 0.3) is 0 Å². The van der Waals surface area contributed by atoms with Crippen molar-refractivity contribution in [3.05, 3.63) is 74.5 Å². The number of thiophene rings is 1. The molecule has 1 amide bonds. The molecule has 2 aromatic carbocycles. The number of fused-ring (bicyclic) bond motifs is 1. The summed E-state index contributed by atoms with van der Waals surface area (Å²) in [6.07, 6.45) is 0. The summed E-state index contributed by atoms with van der Waals surface area (Å²) >= 11 is 1.33. The SMILES string of the molecule is C[C@@H]1N(C)c2cc(NC(=O)c3cccs3)c([P@@](=O)(Nc3ccc([N+](=O)[O-])cc3)N3CCOCC3)cc2C1(C)C. The Kier molecular flexibility index (Phi) is 7.28. The van der Waals surface area contributed by atoms with Crippen LogP contribution in [-0.4, -0.2) is 54.9 Å². The lowest BCUT2D eigenvalue weighted by atomic mass is 9.81. The van der Waals surface area contributed by atoms with Gasteiger partial charge in [-0.25, -0.2) is 4.67 Å². The molecule has 1 aromatic heterocycles. The number of carbonyl (C=O) groups is 1. The molecule has 12 heteroatoms. The Balaban J connectivity index is 1.67. The normalized spacial score (nSPS) is 20.2. The number of carbonyl (C=O) groups excluding carboxylic acids is 1. The van der Waals surface area contributed by atoms with E-state index in [1.165, 1.54) is 23.5 Å². The zero-order valence-corrected chi connectivity index (χ0v) is 24.1. The zero-order valence-electron chi connectivity index (χ0n) is 22.3.